The second-order valence-electron chi connectivity index (χ2n) is 3.47. The molecule has 0 aliphatic carbocycles. The van der Waals surface area contributed by atoms with Gasteiger partial charge in [-0.15, -0.1) is 0 Å². The average Bonchev–Trinajstić information content (AvgIpc) is 2.39. The molecule has 0 saturated heterocycles. The summed E-state index contributed by atoms with van der Waals surface area (Å²) in [6.07, 6.45) is 3.58. The molecule has 2 aromatic rings. The summed E-state index contributed by atoms with van der Waals surface area (Å²) in [6.45, 7) is 0.495. The molecule has 16 heavy (non-hydrogen) atoms. The molecule has 0 spiro atoms. The molecular weight excluding hydrogens is 200 g/mol. The van der Waals surface area contributed by atoms with E-state index >= 15 is 0 Å². The molecule has 0 aliphatic heterocycles. The van der Waals surface area contributed by atoms with Gasteiger partial charge in [-0.2, -0.15) is 0 Å². The third-order valence-corrected chi connectivity index (χ3v) is 2.52. The molecule has 1 aromatic carbocycles. The van der Waals surface area contributed by atoms with E-state index in [9.17, 15) is 0 Å². The third-order valence-electron chi connectivity index (χ3n) is 2.52. The Hall–Kier alpha value is -1.87. The van der Waals surface area contributed by atoms with Crippen LogP contribution in [0.15, 0.2) is 42.7 Å². The van der Waals surface area contributed by atoms with Gasteiger partial charge in [0.2, 0.25) is 0 Å². The van der Waals surface area contributed by atoms with Crippen molar-refractivity contribution in [3.63, 3.8) is 0 Å². The first-order valence-electron chi connectivity index (χ1n) is 5.12. The summed E-state index contributed by atoms with van der Waals surface area (Å²) in [7, 11) is 1.66. The second-order valence-corrected chi connectivity index (χ2v) is 3.47. The fraction of sp³-hybridized carbons (Fsp3) is 0.154. The fourth-order valence-corrected chi connectivity index (χ4v) is 1.64. The van der Waals surface area contributed by atoms with Crippen molar-refractivity contribution in [1.82, 2.24) is 4.98 Å². The number of nitrogens with two attached hydrogens (primary N) is 1. The summed E-state index contributed by atoms with van der Waals surface area (Å²) in [5, 5.41) is 0. The minimum atomic E-state index is 0.495. The van der Waals surface area contributed by atoms with Gasteiger partial charge in [0.25, 0.3) is 0 Å². The zero-order valence-electron chi connectivity index (χ0n) is 9.18. The summed E-state index contributed by atoms with van der Waals surface area (Å²) >= 11 is 0. The Morgan fingerprint density at radius 1 is 1.19 bits per heavy atom. The molecule has 1 aromatic heterocycles. The van der Waals surface area contributed by atoms with Gasteiger partial charge in [-0.3, -0.25) is 4.98 Å². The zero-order valence-corrected chi connectivity index (χ0v) is 9.18. The van der Waals surface area contributed by atoms with Crippen LogP contribution in [0.5, 0.6) is 5.75 Å². The molecule has 0 saturated carbocycles. The second kappa shape index (κ2) is 4.77. The van der Waals surface area contributed by atoms with Crippen molar-refractivity contribution in [2.45, 2.75) is 6.54 Å². The Morgan fingerprint density at radius 3 is 2.56 bits per heavy atom. The molecular formula is C13H14N2O. The molecule has 82 valence electrons. The summed E-state index contributed by atoms with van der Waals surface area (Å²) in [5.74, 6) is 0.854. The smallest absolute Gasteiger partial charge is 0.118 e. The van der Waals surface area contributed by atoms with Gasteiger partial charge in [0.05, 0.1) is 7.11 Å². The standard InChI is InChI=1S/C13H14N2O/c1-16-12-4-2-10(3-5-12)13-6-7-15-9-11(13)8-14/h2-7,9H,8,14H2,1H3. The highest BCUT2D eigenvalue weighted by Crippen LogP contribution is 2.24. The fourth-order valence-electron chi connectivity index (χ4n) is 1.64. The Kier molecular flexibility index (Phi) is 3.17. The number of hydrogen-bond donors (Lipinski definition) is 1. The van der Waals surface area contributed by atoms with Crippen molar-refractivity contribution >= 4 is 0 Å². The van der Waals surface area contributed by atoms with E-state index in [0.717, 1.165) is 22.4 Å². The van der Waals surface area contributed by atoms with Crippen molar-refractivity contribution in [1.29, 1.82) is 0 Å². The number of hydrogen-bond acceptors (Lipinski definition) is 3. The van der Waals surface area contributed by atoms with E-state index in [4.69, 9.17) is 10.5 Å². The summed E-state index contributed by atoms with van der Waals surface area (Å²) < 4.78 is 5.12. The normalized spacial score (nSPS) is 10.1. The van der Waals surface area contributed by atoms with Crippen molar-refractivity contribution in [3.05, 3.63) is 48.3 Å². The Morgan fingerprint density at radius 2 is 1.94 bits per heavy atom. The van der Waals surface area contributed by atoms with E-state index in [1.807, 2.05) is 30.3 Å². The van der Waals surface area contributed by atoms with Crippen LogP contribution < -0.4 is 10.5 Å². The van der Waals surface area contributed by atoms with E-state index < -0.39 is 0 Å². The zero-order chi connectivity index (χ0) is 11.4. The van der Waals surface area contributed by atoms with E-state index in [1.165, 1.54) is 0 Å². The van der Waals surface area contributed by atoms with E-state index in [2.05, 4.69) is 4.98 Å². The Bertz CT molecular complexity index is 466. The van der Waals surface area contributed by atoms with Crippen molar-refractivity contribution < 1.29 is 4.74 Å². The minimum absolute atomic E-state index is 0.495. The minimum Gasteiger partial charge on any atom is -0.497 e. The molecule has 0 atom stereocenters. The SMILES string of the molecule is COc1ccc(-c2ccncc2CN)cc1. The van der Waals surface area contributed by atoms with Crippen LogP contribution >= 0.6 is 0 Å². The van der Waals surface area contributed by atoms with Crippen LogP contribution in [0.4, 0.5) is 0 Å². The van der Waals surface area contributed by atoms with E-state index in [0.29, 0.717) is 6.54 Å². The van der Waals surface area contributed by atoms with Crippen LogP contribution in [0.3, 0.4) is 0 Å². The highest BCUT2D eigenvalue weighted by Gasteiger charge is 2.03. The van der Waals surface area contributed by atoms with Gasteiger partial charge < -0.3 is 10.5 Å². The van der Waals surface area contributed by atoms with Crippen molar-refractivity contribution in [2.24, 2.45) is 5.73 Å². The van der Waals surface area contributed by atoms with Crippen LogP contribution in [-0.4, -0.2) is 12.1 Å². The number of rotatable bonds is 3. The Balaban J connectivity index is 2.42. The number of pyridine rings is 1. The third kappa shape index (κ3) is 2.04. The molecule has 2 rings (SSSR count). The molecule has 3 heteroatoms. The quantitative estimate of drug-likeness (QED) is 0.852. The number of aromatic nitrogens is 1. The monoisotopic (exact) mass is 214 g/mol. The van der Waals surface area contributed by atoms with Crippen LogP contribution in [0.2, 0.25) is 0 Å². The number of ether oxygens (including phenoxy) is 1. The van der Waals surface area contributed by atoms with Crippen molar-refractivity contribution in [3.8, 4) is 16.9 Å². The Labute approximate surface area is 94.9 Å². The number of methoxy groups -OCH3 is 1. The van der Waals surface area contributed by atoms with Gasteiger partial charge in [-0.25, -0.2) is 0 Å². The molecule has 0 bridgehead atoms. The maximum Gasteiger partial charge on any atom is 0.118 e. The number of benzene rings is 1. The lowest BCUT2D eigenvalue weighted by molar-refractivity contribution is 0.415. The van der Waals surface area contributed by atoms with E-state index in [-0.39, 0.29) is 0 Å². The summed E-state index contributed by atoms with van der Waals surface area (Å²) in [5.41, 5.74) is 8.98. The van der Waals surface area contributed by atoms with E-state index in [1.54, 1.807) is 19.5 Å². The molecule has 2 N–H and O–H groups in total. The van der Waals surface area contributed by atoms with Crippen LogP contribution in [-0.2, 0) is 6.54 Å². The predicted molar refractivity (Wildman–Crippen MR) is 64.1 cm³/mol. The molecule has 0 amide bonds. The summed E-state index contributed by atoms with van der Waals surface area (Å²) in [6, 6.07) is 9.90. The maximum absolute atomic E-state index is 5.68. The largest absolute Gasteiger partial charge is 0.497 e. The van der Waals surface area contributed by atoms with Crippen LogP contribution in [0, 0.1) is 0 Å². The lowest BCUT2D eigenvalue weighted by Gasteiger charge is -2.07. The molecule has 0 aliphatic rings. The van der Waals surface area contributed by atoms with Gasteiger partial charge in [0.15, 0.2) is 0 Å². The topological polar surface area (TPSA) is 48.1 Å². The molecule has 1 heterocycles. The van der Waals surface area contributed by atoms with Gasteiger partial charge in [0, 0.05) is 18.9 Å². The predicted octanol–water partition coefficient (Wildman–Crippen LogP) is 2.22. The summed E-state index contributed by atoms with van der Waals surface area (Å²) in [4.78, 5) is 4.07. The number of nitrogens with zero attached hydrogens (tertiary/aromatic N) is 1. The first-order valence-corrected chi connectivity index (χ1v) is 5.12. The average molecular weight is 214 g/mol. The van der Waals surface area contributed by atoms with Gasteiger partial charge in [-0.1, -0.05) is 12.1 Å². The molecule has 0 radical (unpaired) electrons. The first kappa shape index (κ1) is 10.6. The lowest BCUT2D eigenvalue weighted by Crippen LogP contribution is -1.99. The lowest BCUT2D eigenvalue weighted by atomic mass is 10.0. The molecule has 3 nitrogen and oxygen atoms in total. The highest BCUT2D eigenvalue weighted by atomic mass is 16.5. The van der Waals surface area contributed by atoms with Gasteiger partial charge in [-0.05, 0) is 34.9 Å². The maximum atomic E-state index is 5.68. The van der Waals surface area contributed by atoms with Crippen LogP contribution in [0.1, 0.15) is 5.56 Å². The van der Waals surface area contributed by atoms with Gasteiger partial charge in [0.1, 0.15) is 5.75 Å². The highest BCUT2D eigenvalue weighted by molar-refractivity contribution is 5.67. The molecule has 0 unspecified atom stereocenters. The molecule has 0 fully saturated rings. The van der Waals surface area contributed by atoms with Crippen LogP contribution in [0.25, 0.3) is 11.1 Å². The van der Waals surface area contributed by atoms with Gasteiger partial charge >= 0.3 is 0 Å². The first-order chi connectivity index (χ1) is 7.85. The van der Waals surface area contributed by atoms with Crippen molar-refractivity contribution in [2.75, 3.05) is 7.11 Å².